The standard InChI is InChI=1S/C12H11F2N3O3/c1-5-8(12(20)17(15)11(5)19)10(18)16-7-4-2-3-6(13)9(7)14/h2-5,8H,15H2,1H3,(H,16,18). The lowest BCUT2D eigenvalue weighted by Crippen LogP contribution is -2.39. The lowest BCUT2D eigenvalue weighted by atomic mass is 9.96. The molecule has 3 amide bonds. The van der Waals surface area contributed by atoms with E-state index in [1.54, 1.807) is 0 Å². The van der Waals surface area contributed by atoms with Crippen LogP contribution in [0, 0.1) is 23.5 Å². The summed E-state index contributed by atoms with van der Waals surface area (Å²) in [5.74, 6) is -1.96. The predicted molar refractivity (Wildman–Crippen MR) is 63.7 cm³/mol. The average molecular weight is 283 g/mol. The van der Waals surface area contributed by atoms with Gasteiger partial charge in [-0.25, -0.2) is 19.6 Å². The Morgan fingerprint density at radius 2 is 1.95 bits per heavy atom. The fourth-order valence-corrected chi connectivity index (χ4v) is 1.98. The zero-order chi connectivity index (χ0) is 15.0. The molecule has 0 radical (unpaired) electrons. The maximum atomic E-state index is 13.4. The second-order valence-corrected chi connectivity index (χ2v) is 4.40. The van der Waals surface area contributed by atoms with Gasteiger partial charge < -0.3 is 5.32 Å². The van der Waals surface area contributed by atoms with Crippen LogP contribution in [0.25, 0.3) is 0 Å². The van der Waals surface area contributed by atoms with Gasteiger partial charge in [0.1, 0.15) is 5.92 Å². The van der Waals surface area contributed by atoms with Gasteiger partial charge in [0, 0.05) is 0 Å². The number of hydrazine groups is 1. The minimum atomic E-state index is -1.35. The van der Waals surface area contributed by atoms with E-state index in [0.29, 0.717) is 5.01 Å². The van der Waals surface area contributed by atoms with Crippen LogP contribution >= 0.6 is 0 Å². The lowest BCUT2D eigenvalue weighted by molar-refractivity contribution is -0.140. The van der Waals surface area contributed by atoms with E-state index in [-0.39, 0.29) is 0 Å². The highest BCUT2D eigenvalue weighted by Crippen LogP contribution is 2.26. The maximum absolute atomic E-state index is 13.4. The van der Waals surface area contributed by atoms with Crippen LogP contribution in [-0.4, -0.2) is 22.7 Å². The van der Waals surface area contributed by atoms with Crippen LogP contribution in [0.5, 0.6) is 0 Å². The third-order valence-electron chi connectivity index (χ3n) is 3.12. The first-order valence-electron chi connectivity index (χ1n) is 5.72. The van der Waals surface area contributed by atoms with Crippen LogP contribution < -0.4 is 11.2 Å². The third kappa shape index (κ3) is 2.14. The first-order valence-corrected chi connectivity index (χ1v) is 5.72. The summed E-state index contributed by atoms with van der Waals surface area (Å²) in [4.78, 5) is 35.1. The average Bonchev–Trinajstić information content (AvgIpc) is 2.59. The molecule has 0 spiro atoms. The number of rotatable bonds is 2. The summed E-state index contributed by atoms with van der Waals surface area (Å²) < 4.78 is 26.4. The van der Waals surface area contributed by atoms with E-state index < -0.39 is 46.9 Å². The van der Waals surface area contributed by atoms with Crippen LogP contribution in [0.2, 0.25) is 0 Å². The normalized spacial score (nSPS) is 22.3. The Kier molecular flexibility index (Phi) is 3.49. The summed E-state index contributed by atoms with van der Waals surface area (Å²) in [5, 5.41) is 2.44. The van der Waals surface area contributed by atoms with Crippen molar-refractivity contribution in [3.63, 3.8) is 0 Å². The number of carbonyl (C=O) groups excluding carboxylic acids is 3. The summed E-state index contributed by atoms with van der Waals surface area (Å²) in [7, 11) is 0. The first kappa shape index (κ1) is 14.1. The van der Waals surface area contributed by atoms with Gasteiger partial charge in [0.2, 0.25) is 11.8 Å². The van der Waals surface area contributed by atoms with Gasteiger partial charge in [-0.3, -0.25) is 14.4 Å². The number of nitrogens with two attached hydrogens (primary N) is 1. The highest BCUT2D eigenvalue weighted by atomic mass is 19.2. The monoisotopic (exact) mass is 283 g/mol. The van der Waals surface area contributed by atoms with Crippen molar-refractivity contribution in [2.45, 2.75) is 6.92 Å². The number of hydrogen-bond donors (Lipinski definition) is 2. The molecule has 8 heteroatoms. The fraction of sp³-hybridized carbons (Fsp3) is 0.250. The zero-order valence-corrected chi connectivity index (χ0v) is 10.4. The Morgan fingerprint density at radius 1 is 1.30 bits per heavy atom. The Labute approximate surface area is 112 Å². The van der Waals surface area contributed by atoms with E-state index in [4.69, 9.17) is 5.84 Å². The number of anilines is 1. The van der Waals surface area contributed by atoms with Crippen LogP contribution in [0.4, 0.5) is 14.5 Å². The Balaban J connectivity index is 2.23. The molecule has 1 saturated heterocycles. The topological polar surface area (TPSA) is 92.5 Å². The molecule has 1 aromatic rings. The molecule has 2 rings (SSSR count). The highest BCUT2D eigenvalue weighted by Gasteiger charge is 2.48. The largest absolute Gasteiger partial charge is 0.323 e. The molecule has 0 aromatic heterocycles. The summed E-state index contributed by atoms with van der Waals surface area (Å²) in [6.45, 7) is 1.36. The second kappa shape index (κ2) is 4.97. The van der Waals surface area contributed by atoms with Gasteiger partial charge in [-0.2, -0.15) is 0 Å². The minimum absolute atomic E-state index is 0.358. The summed E-state index contributed by atoms with van der Waals surface area (Å²) in [6, 6.07) is 3.23. The molecule has 6 nitrogen and oxygen atoms in total. The number of imide groups is 1. The van der Waals surface area contributed by atoms with Crippen LogP contribution in [0.15, 0.2) is 18.2 Å². The molecule has 1 fully saturated rings. The van der Waals surface area contributed by atoms with Crippen molar-refractivity contribution in [1.82, 2.24) is 5.01 Å². The van der Waals surface area contributed by atoms with Gasteiger partial charge in [-0.05, 0) is 12.1 Å². The smallest absolute Gasteiger partial charge is 0.256 e. The SMILES string of the molecule is CC1C(=O)N(N)C(=O)C1C(=O)Nc1cccc(F)c1F. The summed E-state index contributed by atoms with van der Waals surface area (Å²) >= 11 is 0. The summed E-state index contributed by atoms with van der Waals surface area (Å²) in [6.07, 6.45) is 0. The minimum Gasteiger partial charge on any atom is -0.323 e. The van der Waals surface area contributed by atoms with Crippen molar-refractivity contribution in [2.75, 3.05) is 5.32 Å². The molecule has 0 saturated carbocycles. The fourth-order valence-electron chi connectivity index (χ4n) is 1.98. The number of carbonyl (C=O) groups is 3. The van der Waals surface area contributed by atoms with Crippen molar-refractivity contribution in [1.29, 1.82) is 0 Å². The number of nitrogens with zero attached hydrogens (tertiary/aromatic N) is 1. The van der Waals surface area contributed by atoms with Crippen molar-refractivity contribution >= 4 is 23.4 Å². The van der Waals surface area contributed by atoms with Gasteiger partial charge in [0.15, 0.2) is 11.6 Å². The van der Waals surface area contributed by atoms with Crippen molar-refractivity contribution in [3.05, 3.63) is 29.8 Å². The Bertz CT molecular complexity index is 606. The van der Waals surface area contributed by atoms with E-state index in [1.807, 2.05) is 0 Å². The van der Waals surface area contributed by atoms with Crippen LogP contribution in [0.3, 0.4) is 0 Å². The first-order chi connectivity index (χ1) is 9.34. The van der Waals surface area contributed by atoms with E-state index in [0.717, 1.165) is 12.1 Å². The molecular weight excluding hydrogens is 272 g/mol. The molecule has 1 aromatic carbocycles. The molecule has 0 bridgehead atoms. The summed E-state index contributed by atoms with van der Waals surface area (Å²) in [5.41, 5.74) is -0.405. The molecule has 3 N–H and O–H groups in total. The quantitative estimate of drug-likeness (QED) is 0.355. The molecular formula is C12H11F2N3O3. The number of halogens is 2. The van der Waals surface area contributed by atoms with Gasteiger partial charge in [0.05, 0.1) is 11.6 Å². The number of amides is 3. The van der Waals surface area contributed by atoms with Crippen molar-refractivity contribution < 1.29 is 23.2 Å². The number of nitrogens with one attached hydrogen (secondary N) is 1. The van der Waals surface area contributed by atoms with Crippen LogP contribution in [0.1, 0.15) is 6.92 Å². The van der Waals surface area contributed by atoms with E-state index in [1.165, 1.54) is 13.0 Å². The van der Waals surface area contributed by atoms with Gasteiger partial charge in [-0.15, -0.1) is 0 Å². The van der Waals surface area contributed by atoms with Crippen molar-refractivity contribution in [2.24, 2.45) is 17.7 Å². The second-order valence-electron chi connectivity index (χ2n) is 4.40. The third-order valence-corrected chi connectivity index (χ3v) is 3.12. The van der Waals surface area contributed by atoms with Gasteiger partial charge >= 0.3 is 0 Å². The molecule has 1 aliphatic rings. The Hall–Kier alpha value is -2.35. The number of benzene rings is 1. The molecule has 2 atom stereocenters. The molecule has 0 aliphatic carbocycles. The predicted octanol–water partition coefficient (Wildman–Crippen LogP) is 0.398. The van der Waals surface area contributed by atoms with Gasteiger partial charge in [0.25, 0.3) is 5.91 Å². The molecule has 1 aliphatic heterocycles. The molecule has 20 heavy (non-hydrogen) atoms. The van der Waals surface area contributed by atoms with Crippen LogP contribution in [-0.2, 0) is 14.4 Å². The zero-order valence-electron chi connectivity index (χ0n) is 10.4. The van der Waals surface area contributed by atoms with Gasteiger partial charge in [-0.1, -0.05) is 13.0 Å². The number of hydrogen-bond acceptors (Lipinski definition) is 4. The van der Waals surface area contributed by atoms with E-state index in [2.05, 4.69) is 5.32 Å². The molecule has 2 unspecified atom stereocenters. The highest BCUT2D eigenvalue weighted by molar-refractivity contribution is 6.17. The van der Waals surface area contributed by atoms with E-state index in [9.17, 15) is 23.2 Å². The molecule has 1 heterocycles. The maximum Gasteiger partial charge on any atom is 0.256 e. The van der Waals surface area contributed by atoms with Crippen molar-refractivity contribution in [3.8, 4) is 0 Å². The van der Waals surface area contributed by atoms with E-state index >= 15 is 0 Å². The Morgan fingerprint density at radius 3 is 2.50 bits per heavy atom. The lowest BCUT2D eigenvalue weighted by Gasteiger charge is -2.12. The molecule has 106 valence electrons.